The van der Waals surface area contributed by atoms with Gasteiger partial charge in [-0.25, -0.2) is 13.1 Å². The molecule has 0 bridgehead atoms. The minimum absolute atomic E-state index is 0.0340. The highest BCUT2D eigenvalue weighted by Crippen LogP contribution is 2.29. The van der Waals surface area contributed by atoms with Gasteiger partial charge < -0.3 is 10.2 Å². The Labute approximate surface area is 115 Å². The van der Waals surface area contributed by atoms with Crippen LogP contribution in [0.3, 0.4) is 0 Å². The second-order valence-corrected chi connectivity index (χ2v) is 6.47. The maximum Gasteiger partial charge on any atom is 0.244 e. The van der Waals surface area contributed by atoms with Crippen molar-refractivity contribution < 1.29 is 18.6 Å². The first-order valence-electron chi connectivity index (χ1n) is 4.95. The summed E-state index contributed by atoms with van der Waals surface area (Å²) in [6.45, 7) is 0.227. The molecule has 0 aromatic heterocycles. The largest absolute Gasteiger partial charge is 0.394 e. The van der Waals surface area contributed by atoms with Crippen molar-refractivity contribution in [2.45, 2.75) is 17.4 Å². The third-order valence-electron chi connectivity index (χ3n) is 2.27. The minimum Gasteiger partial charge on any atom is -0.394 e. The van der Waals surface area contributed by atoms with Crippen LogP contribution in [-0.2, 0) is 10.0 Å². The Kier molecular flexibility index (Phi) is 4.99. The van der Waals surface area contributed by atoms with E-state index in [2.05, 4.69) is 4.72 Å². The van der Waals surface area contributed by atoms with E-state index in [0.29, 0.717) is 0 Å². The van der Waals surface area contributed by atoms with Crippen LogP contribution >= 0.6 is 23.2 Å². The number of nitrogens with one attached hydrogen (secondary N) is 1. The lowest BCUT2D eigenvalue weighted by molar-refractivity contribution is 0.122. The molecule has 0 spiro atoms. The van der Waals surface area contributed by atoms with Gasteiger partial charge in [-0.05, 0) is 19.1 Å². The van der Waals surface area contributed by atoms with E-state index in [1.54, 1.807) is 0 Å². The molecule has 0 aliphatic carbocycles. The lowest BCUT2D eigenvalue weighted by Gasteiger charge is -2.26. The quantitative estimate of drug-likeness (QED) is 0.757. The fraction of sp³-hybridized carbons (Fsp3) is 0.400. The highest BCUT2D eigenvalue weighted by molar-refractivity contribution is 7.89. The molecule has 0 saturated carbocycles. The van der Waals surface area contributed by atoms with Crippen LogP contribution in [0.5, 0.6) is 0 Å². The highest BCUT2D eigenvalue weighted by Gasteiger charge is 2.31. The molecule has 8 heteroatoms. The topological polar surface area (TPSA) is 86.6 Å². The summed E-state index contributed by atoms with van der Waals surface area (Å²) in [7, 11) is -4.04. The van der Waals surface area contributed by atoms with Gasteiger partial charge in [-0.3, -0.25) is 0 Å². The van der Waals surface area contributed by atoms with Crippen LogP contribution in [0.4, 0.5) is 0 Å². The van der Waals surface area contributed by atoms with Gasteiger partial charge in [0.1, 0.15) is 4.90 Å². The van der Waals surface area contributed by atoms with Gasteiger partial charge in [0.2, 0.25) is 10.0 Å². The van der Waals surface area contributed by atoms with Gasteiger partial charge >= 0.3 is 0 Å². The molecular formula is C10H13Cl2NO4S. The fourth-order valence-corrected chi connectivity index (χ4v) is 3.77. The van der Waals surface area contributed by atoms with Crippen molar-refractivity contribution in [2.75, 3.05) is 13.2 Å². The number of aliphatic hydroxyl groups is 2. The summed E-state index contributed by atoms with van der Waals surface area (Å²) in [5.41, 5.74) is -1.39. The first-order valence-corrected chi connectivity index (χ1v) is 7.19. The molecule has 0 aliphatic heterocycles. The van der Waals surface area contributed by atoms with Crippen molar-refractivity contribution in [3.63, 3.8) is 0 Å². The number of rotatable bonds is 5. The van der Waals surface area contributed by atoms with E-state index in [1.165, 1.54) is 25.1 Å². The van der Waals surface area contributed by atoms with Crippen molar-refractivity contribution in [1.82, 2.24) is 4.72 Å². The molecule has 0 radical (unpaired) electrons. The average Bonchev–Trinajstić information content (AvgIpc) is 2.27. The Hall–Kier alpha value is -0.370. The van der Waals surface area contributed by atoms with Crippen LogP contribution in [-0.4, -0.2) is 37.4 Å². The van der Waals surface area contributed by atoms with Crippen molar-refractivity contribution >= 4 is 33.2 Å². The standard InChI is InChI=1S/C10H13Cl2NO4S/c1-10(5-14,6-15)13-18(16,17)9-7(11)3-2-4-8(9)12/h2-4,13-15H,5-6H2,1H3. The lowest BCUT2D eigenvalue weighted by atomic mass is 10.1. The molecule has 0 fully saturated rings. The Bertz CT molecular complexity index is 508. The summed E-state index contributed by atoms with van der Waals surface area (Å²) in [5, 5.41) is 18.1. The Balaban J connectivity index is 3.23. The maximum absolute atomic E-state index is 12.1. The Morgan fingerprint density at radius 2 is 1.67 bits per heavy atom. The third-order valence-corrected chi connectivity index (χ3v) is 4.86. The van der Waals surface area contributed by atoms with Gasteiger partial charge in [-0.15, -0.1) is 0 Å². The molecule has 1 aromatic rings. The van der Waals surface area contributed by atoms with Crippen molar-refractivity contribution in [3.05, 3.63) is 28.2 Å². The smallest absolute Gasteiger partial charge is 0.244 e. The molecular weight excluding hydrogens is 301 g/mol. The van der Waals surface area contributed by atoms with Crippen LogP contribution < -0.4 is 4.72 Å². The van der Waals surface area contributed by atoms with Crippen molar-refractivity contribution in [3.8, 4) is 0 Å². The first kappa shape index (κ1) is 15.7. The molecule has 18 heavy (non-hydrogen) atoms. The van der Waals surface area contributed by atoms with E-state index in [4.69, 9.17) is 33.4 Å². The molecule has 1 rings (SSSR count). The zero-order chi connectivity index (χ0) is 14.0. The van der Waals surface area contributed by atoms with Crippen LogP contribution in [0.25, 0.3) is 0 Å². The molecule has 0 saturated heterocycles. The molecule has 0 amide bonds. The summed E-state index contributed by atoms with van der Waals surface area (Å²) in [6, 6.07) is 4.29. The zero-order valence-corrected chi connectivity index (χ0v) is 11.8. The molecule has 5 nitrogen and oxygen atoms in total. The average molecular weight is 314 g/mol. The fourth-order valence-electron chi connectivity index (χ4n) is 1.23. The molecule has 0 atom stereocenters. The molecule has 102 valence electrons. The Morgan fingerprint density at radius 3 is 2.06 bits per heavy atom. The number of hydrogen-bond acceptors (Lipinski definition) is 4. The van der Waals surface area contributed by atoms with Crippen LogP contribution in [0, 0.1) is 0 Å². The molecule has 1 aromatic carbocycles. The van der Waals surface area contributed by atoms with Gasteiger partial charge in [0.15, 0.2) is 0 Å². The summed E-state index contributed by atoms with van der Waals surface area (Å²) in [6.07, 6.45) is 0. The van der Waals surface area contributed by atoms with E-state index < -0.39 is 28.8 Å². The predicted molar refractivity (Wildman–Crippen MR) is 69.4 cm³/mol. The number of halogens is 2. The van der Waals surface area contributed by atoms with E-state index in [1.807, 2.05) is 0 Å². The van der Waals surface area contributed by atoms with E-state index in [-0.39, 0.29) is 14.9 Å². The van der Waals surface area contributed by atoms with Crippen molar-refractivity contribution in [2.24, 2.45) is 0 Å². The number of hydrogen-bond donors (Lipinski definition) is 3. The second-order valence-electron chi connectivity index (χ2n) is 4.03. The van der Waals surface area contributed by atoms with Gasteiger partial charge in [-0.1, -0.05) is 29.3 Å². The monoisotopic (exact) mass is 313 g/mol. The van der Waals surface area contributed by atoms with E-state index >= 15 is 0 Å². The SMILES string of the molecule is CC(CO)(CO)NS(=O)(=O)c1c(Cl)cccc1Cl. The van der Waals surface area contributed by atoms with Crippen LogP contribution in [0.2, 0.25) is 10.0 Å². The molecule has 3 N–H and O–H groups in total. The van der Waals surface area contributed by atoms with E-state index in [9.17, 15) is 8.42 Å². The first-order chi connectivity index (χ1) is 8.25. The van der Waals surface area contributed by atoms with Crippen LogP contribution in [0.15, 0.2) is 23.1 Å². The normalized spacial score (nSPS) is 12.7. The zero-order valence-electron chi connectivity index (χ0n) is 9.52. The summed E-state index contributed by atoms with van der Waals surface area (Å²) in [5.74, 6) is 0. The van der Waals surface area contributed by atoms with Gasteiger partial charge in [0.05, 0.1) is 28.8 Å². The van der Waals surface area contributed by atoms with Crippen molar-refractivity contribution in [1.29, 1.82) is 0 Å². The lowest BCUT2D eigenvalue weighted by Crippen LogP contribution is -2.51. The van der Waals surface area contributed by atoms with Gasteiger partial charge in [-0.2, -0.15) is 0 Å². The molecule has 0 aliphatic rings. The summed E-state index contributed by atoms with van der Waals surface area (Å²) in [4.78, 5) is -0.276. The predicted octanol–water partition coefficient (Wildman–Crippen LogP) is 1.02. The van der Waals surface area contributed by atoms with Crippen LogP contribution in [0.1, 0.15) is 6.92 Å². The molecule has 0 heterocycles. The third kappa shape index (κ3) is 3.34. The second kappa shape index (κ2) is 5.73. The molecule has 0 unspecified atom stereocenters. The minimum atomic E-state index is -4.04. The number of benzene rings is 1. The maximum atomic E-state index is 12.1. The summed E-state index contributed by atoms with van der Waals surface area (Å²) >= 11 is 11.6. The number of aliphatic hydroxyl groups excluding tert-OH is 2. The summed E-state index contributed by atoms with van der Waals surface area (Å²) < 4.78 is 26.4. The highest BCUT2D eigenvalue weighted by atomic mass is 35.5. The van der Waals surface area contributed by atoms with Gasteiger partial charge in [0.25, 0.3) is 0 Å². The number of sulfonamides is 1. The Morgan fingerprint density at radius 1 is 1.22 bits per heavy atom. The van der Waals surface area contributed by atoms with E-state index in [0.717, 1.165) is 0 Å². The van der Waals surface area contributed by atoms with Gasteiger partial charge in [0, 0.05) is 0 Å².